The smallest absolute Gasteiger partial charge is 0.152 e. The maximum absolute atomic E-state index is 11.4. The van der Waals surface area contributed by atoms with Gasteiger partial charge in [0.15, 0.2) is 6.29 Å². The van der Waals surface area contributed by atoms with Gasteiger partial charge < -0.3 is 5.32 Å². The fourth-order valence-electron chi connectivity index (χ4n) is 2.22. The monoisotopic (exact) mass is 281 g/mol. The van der Waals surface area contributed by atoms with E-state index in [0.29, 0.717) is 10.6 Å². The predicted octanol–water partition coefficient (Wildman–Crippen LogP) is 5.05. The van der Waals surface area contributed by atoms with Crippen LogP contribution in [0.3, 0.4) is 0 Å². The van der Waals surface area contributed by atoms with Gasteiger partial charge in [-0.05, 0) is 41.1 Å². The van der Waals surface area contributed by atoms with Crippen LogP contribution in [-0.2, 0) is 0 Å². The molecular weight excluding hydrogens is 270 g/mol. The van der Waals surface area contributed by atoms with E-state index in [1.165, 1.54) is 0 Å². The van der Waals surface area contributed by atoms with E-state index in [9.17, 15) is 4.79 Å². The summed E-state index contributed by atoms with van der Waals surface area (Å²) in [6.07, 6.45) is 0.889. The molecule has 0 saturated heterocycles. The van der Waals surface area contributed by atoms with Crippen LogP contribution in [0.1, 0.15) is 10.4 Å². The molecule has 0 radical (unpaired) electrons. The molecule has 0 heterocycles. The number of fused-ring (bicyclic) bond motifs is 1. The van der Waals surface area contributed by atoms with Crippen LogP contribution < -0.4 is 5.32 Å². The Labute approximate surface area is 122 Å². The number of nitrogens with one attached hydrogen (secondary N) is 1. The van der Waals surface area contributed by atoms with Crippen LogP contribution in [0, 0.1) is 0 Å². The van der Waals surface area contributed by atoms with E-state index in [2.05, 4.69) is 5.32 Å². The van der Waals surface area contributed by atoms with E-state index in [4.69, 9.17) is 11.6 Å². The average molecular weight is 282 g/mol. The zero-order valence-electron chi connectivity index (χ0n) is 10.6. The second-order valence-corrected chi connectivity index (χ2v) is 4.93. The Morgan fingerprint density at radius 1 is 0.900 bits per heavy atom. The Hall–Kier alpha value is -2.32. The molecule has 0 amide bonds. The lowest BCUT2D eigenvalue weighted by molar-refractivity contribution is 0.112. The number of hydrogen-bond acceptors (Lipinski definition) is 2. The molecular formula is C17H12ClNO. The number of carbonyl (C=O) groups is 1. The topological polar surface area (TPSA) is 29.1 Å². The summed E-state index contributed by atoms with van der Waals surface area (Å²) >= 11 is 5.87. The summed E-state index contributed by atoms with van der Waals surface area (Å²) in [6.45, 7) is 0. The van der Waals surface area contributed by atoms with Gasteiger partial charge in [-0.3, -0.25) is 4.79 Å². The lowest BCUT2D eigenvalue weighted by atomic mass is 10.0. The van der Waals surface area contributed by atoms with Gasteiger partial charge in [-0.15, -0.1) is 0 Å². The van der Waals surface area contributed by atoms with E-state index in [1.807, 2.05) is 60.7 Å². The molecule has 2 nitrogen and oxygen atoms in total. The Morgan fingerprint density at radius 2 is 1.65 bits per heavy atom. The van der Waals surface area contributed by atoms with Crippen molar-refractivity contribution in [3.63, 3.8) is 0 Å². The highest BCUT2D eigenvalue weighted by Crippen LogP contribution is 2.27. The van der Waals surface area contributed by atoms with Gasteiger partial charge in [-0.1, -0.05) is 41.9 Å². The summed E-state index contributed by atoms with van der Waals surface area (Å²) in [4.78, 5) is 11.4. The van der Waals surface area contributed by atoms with Crippen molar-refractivity contribution in [3.8, 4) is 0 Å². The lowest BCUT2D eigenvalue weighted by Gasteiger charge is -2.11. The van der Waals surface area contributed by atoms with Crippen molar-refractivity contribution < 1.29 is 4.79 Å². The van der Waals surface area contributed by atoms with E-state index >= 15 is 0 Å². The molecule has 1 N–H and O–H groups in total. The number of anilines is 2. The molecule has 3 aromatic carbocycles. The molecule has 0 aliphatic heterocycles. The van der Waals surface area contributed by atoms with Gasteiger partial charge >= 0.3 is 0 Å². The van der Waals surface area contributed by atoms with Crippen molar-refractivity contribution in [1.82, 2.24) is 0 Å². The average Bonchev–Trinajstić information content (AvgIpc) is 2.49. The Balaban J connectivity index is 2.07. The predicted molar refractivity (Wildman–Crippen MR) is 84.1 cm³/mol. The highest BCUT2D eigenvalue weighted by molar-refractivity contribution is 6.30. The quantitative estimate of drug-likeness (QED) is 0.681. The summed E-state index contributed by atoms with van der Waals surface area (Å²) in [7, 11) is 0. The minimum absolute atomic E-state index is 0.665. The first-order valence-electron chi connectivity index (χ1n) is 6.27. The number of halogens is 1. The standard InChI is InChI=1S/C17H12ClNO/c18-13-6-8-14(9-7-13)19-17-10-5-12-3-1-2-4-15(12)16(17)11-20/h1-11,19H. The summed E-state index contributed by atoms with van der Waals surface area (Å²) in [6, 6.07) is 19.1. The van der Waals surface area contributed by atoms with Gasteiger partial charge in [0.1, 0.15) is 0 Å². The summed E-state index contributed by atoms with van der Waals surface area (Å²) < 4.78 is 0. The largest absolute Gasteiger partial charge is 0.355 e. The van der Waals surface area contributed by atoms with E-state index in [-0.39, 0.29) is 0 Å². The van der Waals surface area contributed by atoms with Gasteiger partial charge in [0.2, 0.25) is 0 Å². The molecule has 0 aromatic heterocycles. The molecule has 0 fully saturated rings. The number of aldehydes is 1. The fraction of sp³-hybridized carbons (Fsp3) is 0. The molecule has 0 bridgehead atoms. The number of carbonyl (C=O) groups excluding carboxylic acids is 1. The maximum Gasteiger partial charge on any atom is 0.152 e. The van der Waals surface area contributed by atoms with Crippen LogP contribution in [0.4, 0.5) is 11.4 Å². The van der Waals surface area contributed by atoms with Crippen LogP contribution in [0.5, 0.6) is 0 Å². The van der Waals surface area contributed by atoms with Gasteiger partial charge in [0, 0.05) is 22.0 Å². The Morgan fingerprint density at radius 3 is 2.40 bits per heavy atom. The molecule has 3 heteroatoms. The number of benzene rings is 3. The van der Waals surface area contributed by atoms with Gasteiger partial charge in [0.05, 0.1) is 0 Å². The van der Waals surface area contributed by atoms with Gasteiger partial charge in [-0.2, -0.15) is 0 Å². The van der Waals surface area contributed by atoms with Crippen molar-refractivity contribution in [1.29, 1.82) is 0 Å². The molecule has 0 unspecified atom stereocenters. The molecule has 0 aliphatic rings. The lowest BCUT2D eigenvalue weighted by Crippen LogP contribution is -1.96. The zero-order chi connectivity index (χ0) is 13.9. The highest BCUT2D eigenvalue weighted by atomic mass is 35.5. The fourth-order valence-corrected chi connectivity index (χ4v) is 2.35. The second kappa shape index (κ2) is 5.35. The van der Waals surface area contributed by atoms with Gasteiger partial charge in [0.25, 0.3) is 0 Å². The van der Waals surface area contributed by atoms with Gasteiger partial charge in [-0.25, -0.2) is 0 Å². The zero-order valence-corrected chi connectivity index (χ0v) is 11.4. The first-order chi connectivity index (χ1) is 9.78. The molecule has 0 spiro atoms. The van der Waals surface area contributed by atoms with Crippen molar-refractivity contribution in [2.75, 3.05) is 5.32 Å². The van der Waals surface area contributed by atoms with Crippen LogP contribution >= 0.6 is 11.6 Å². The minimum Gasteiger partial charge on any atom is -0.355 e. The van der Waals surface area contributed by atoms with Crippen molar-refractivity contribution in [3.05, 3.63) is 71.2 Å². The third kappa shape index (κ3) is 2.38. The van der Waals surface area contributed by atoms with E-state index in [0.717, 1.165) is 28.4 Å². The maximum atomic E-state index is 11.4. The van der Waals surface area contributed by atoms with E-state index < -0.39 is 0 Å². The summed E-state index contributed by atoms with van der Waals surface area (Å²) in [5, 5.41) is 5.94. The Bertz CT molecular complexity index is 766. The van der Waals surface area contributed by atoms with Crippen LogP contribution in [-0.4, -0.2) is 6.29 Å². The van der Waals surface area contributed by atoms with Crippen LogP contribution in [0.15, 0.2) is 60.7 Å². The molecule has 20 heavy (non-hydrogen) atoms. The SMILES string of the molecule is O=Cc1c(Nc2ccc(Cl)cc2)ccc2ccccc12. The third-order valence-corrected chi connectivity index (χ3v) is 3.46. The van der Waals surface area contributed by atoms with Crippen molar-refractivity contribution in [2.45, 2.75) is 0 Å². The first kappa shape index (κ1) is 12.7. The van der Waals surface area contributed by atoms with E-state index in [1.54, 1.807) is 0 Å². The first-order valence-corrected chi connectivity index (χ1v) is 6.65. The molecule has 0 atom stereocenters. The van der Waals surface area contributed by atoms with Crippen molar-refractivity contribution >= 4 is 40.0 Å². The molecule has 3 rings (SSSR count). The normalized spacial score (nSPS) is 10.4. The minimum atomic E-state index is 0.665. The highest BCUT2D eigenvalue weighted by Gasteiger charge is 2.06. The third-order valence-electron chi connectivity index (χ3n) is 3.21. The molecule has 0 aliphatic carbocycles. The summed E-state index contributed by atoms with van der Waals surface area (Å²) in [5.74, 6) is 0. The Kier molecular flexibility index (Phi) is 3.40. The molecule has 3 aromatic rings. The molecule has 0 saturated carbocycles. The van der Waals surface area contributed by atoms with Crippen molar-refractivity contribution in [2.24, 2.45) is 0 Å². The second-order valence-electron chi connectivity index (χ2n) is 4.50. The molecule has 98 valence electrons. The number of rotatable bonds is 3. The number of hydrogen-bond donors (Lipinski definition) is 1. The summed E-state index contributed by atoms with van der Waals surface area (Å²) in [5.41, 5.74) is 2.35. The van der Waals surface area contributed by atoms with Crippen LogP contribution in [0.2, 0.25) is 5.02 Å². The van der Waals surface area contributed by atoms with Crippen LogP contribution in [0.25, 0.3) is 10.8 Å².